The van der Waals surface area contributed by atoms with Crippen LogP contribution >= 0.6 is 11.3 Å². The quantitative estimate of drug-likeness (QED) is 0.676. The molecule has 1 aliphatic rings. The maximum atomic E-state index is 13.0. The Labute approximate surface area is 167 Å². The van der Waals surface area contributed by atoms with Crippen molar-refractivity contribution >= 4 is 22.4 Å². The maximum Gasteiger partial charge on any atom is 0.253 e. The van der Waals surface area contributed by atoms with Gasteiger partial charge in [-0.25, -0.2) is 4.39 Å². The van der Waals surface area contributed by atoms with E-state index in [9.17, 15) is 9.18 Å². The zero-order valence-corrected chi connectivity index (χ0v) is 16.2. The number of hydrogen-bond acceptors (Lipinski definition) is 5. The largest absolute Gasteiger partial charge is 0.345 e. The molecule has 4 rings (SSSR count). The van der Waals surface area contributed by atoms with Gasteiger partial charge in [0.15, 0.2) is 0 Å². The molecule has 0 saturated carbocycles. The van der Waals surface area contributed by atoms with Gasteiger partial charge in [-0.3, -0.25) is 4.79 Å². The third kappa shape index (κ3) is 4.36. The van der Waals surface area contributed by atoms with Crippen molar-refractivity contribution in [3.63, 3.8) is 0 Å². The summed E-state index contributed by atoms with van der Waals surface area (Å²) in [5.41, 5.74) is 1.74. The number of aromatic nitrogens is 2. The lowest BCUT2D eigenvalue weighted by Crippen LogP contribution is -2.35. The Morgan fingerprint density at radius 1 is 0.964 bits per heavy atom. The Balaban J connectivity index is 1.39. The standard InChI is InChI=1S/C21H21FN4OS/c22-18-9-7-16(8-10-18)15-19-23-24-21(28-19)26-12-4-11-25(13-14-26)20(27)17-5-2-1-3-6-17/h1-3,5-10H,4,11-15H2. The van der Waals surface area contributed by atoms with Gasteiger partial charge < -0.3 is 9.80 Å². The minimum Gasteiger partial charge on any atom is -0.345 e. The van der Waals surface area contributed by atoms with Crippen LogP contribution in [0, 0.1) is 5.82 Å². The number of carbonyl (C=O) groups is 1. The number of carbonyl (C=O) groups excluding carboxylic acids is 1. The molecule has 1 saturated heterocycles. The first-order valence-corrected chi connectivity index (χ1v) is 10.2. The number of nitrogens with zero attached hydrogens (tertiary/aromatic N) is 4. The summed E-state index contributed by atoms with van der Waals surface area (Å²) in [6.07, 6.45) is 1.54. The molecule has 3 aromatic rings. The van der Waals surface area contributed by atoms with Gasteiger partial charge in [-0.2, -0.15) is 0 Å². The maximum absolute atomic E-state index is 13.0. The molecule has 1 aliphatic heterocycles. The Morgan fingerprint density at radius 2 is 1.75 bits per heavy atom. The number of amides is 1. The summed E-state index contributed by atoms with van der Waals surface area (Å²) in [7, 11) is 0. The molecule has 1 aromatic heterocycles. The summed E-state index contributed by atoms with van der Waals surface area (Å²) in [5.74, 6) is -0.155. The Morgan fingerprint density at radius 3 is 2.54 bits per heavy atom. The molecule has 0 aliphatic carbocycles. The molecule has 144 valence electrons. The lowest BCUT2D eigenvalue weighted by atomic mass is 10.2. The fourth-order valence-corrected chi connectivity index (χ4v) is 4.22. The molecular weight excluding hydrogens is 375 g/mol. The summed E-state index contributed by atoms with van der Waals surface area (Å²) < 4.78 is 13.0. The van der Waals surface area contributed by atoms with Gasteiger partial charge in [-0.15, -0.1) is 10.2 Å². The zero-order chi connectivity index (χ0) is 19.3. The lowest BCUT2D eigenvalue weighted by Gasteiger charge is -2.21. The van der Waals surface area contributed by atoms with Crippen molar-refractivity contribution in [2.45, 2.75) is 12.8 Å². The van der Waals surface area contributed by atoms with E-state index in [2.05, 4.69) is 15.1 Å². The van der Waals surface area contributed by atoms with Gasteiger partial charge in [0.05, 0.1) is 0 Å². The molecule has 0 radical (unpaired) electrons. The topological polar surface area (TPSA) is 49.3 Å². The Hall–Kier alpha value is -2.80. The summed E-state index contributed by atoms with van der Waals surface area (Å²) >= 11 is 1.56. The Kier molecular flexibility index (Phi) is 5.62. The average Bonchev–Trinajstić information content (AvgIpc) is 3.05. The van der Waals surface area contributed by atoms with Crippen LogP contribution in [0.3, 0.4) is 0 Å². The minimum absolute atomic E-state index is 0.0803. The molecule has 1 amide bonds. The first kappa shape index (κ1) is 18.6. The molecule has 0 N–H and O–H groups in total. The molecule has 2 heterocycles. The number of rotatable bonds is 4. The second-order valence-electron chi connectivity index (χ2n) is 6.78. The van der Waals surface area contributed by atoms with Gasteiger partial charge in [0.1, 0.15) is 10.8 Å². The minimum atomic E-state index is -0.235. The van der Waals surface area contributed by atoms with Crippen LogP contribution in [0.2, 0.25) is 0 Å². The first-order chi connectivity index (χ1) is 13.7. The van der Waals surface area contributed by atoms with Gasteiger partial charge in [0.2, 0.25) is 5.13 Å². The SMILES string of the molecule is O=C(c1ccccc1)N1CCCN(c2nnc(Cc3ccc(F)cc3)s2)CC1. The predicted octanol–water partition coefficient (Wildman–Crippen LogP) is 3.62. The van der Waals surface area contributed by atoms with Crippen LogP contribution in [0.15, 0.2) is 54.6 Å². The monoisotopic (exact) mass is 396 g/mol. The van der Waals surface area contributed by atoms with Crippen molar-refractivity contribution in [1.82, 2.24) is 15.1 Å². The van der Waals surface area contributed by atoms with Crippen molar-refractivity contribution in [2.75, 3.05) is 31.1 Å². The normalized spacial score (nSPS) is 14.8. The molecule has 0 spiro atoms. The molecular formula is C21H21FN4OS. The van der Waals surface area contributed by atoms with Crippen molar-refractivity contribution < 1.29 is 9.18 Å². The van der Waals surface area contributed by atoms with E-state index < -0.39 is 0 Å². The third-order valence-electron chi connectivity index (χ3n) is 4.80. The van der Waals surface area contributed by atoms with E-state index >= 15 is 0 Å². The summed E-state index contributed by atoms with van der Waals surface area (Å²) in [4.78, 5) is 16.8. The molecule has 0 bridgehead atoms. The summed E-state index contributed by atoms with van der Waals surface area (Å²) in [6, 6.07) is 15.9. The second-order valence-corrected chi connectivity index (χ2v) is 7.82. The second kappa shape index (κ2) is 8.48. The van der Waals surface area contributed by atoms with E-state index in [0.29, 0.717) is 13.0 Å². The van der Waals surface area contributed by atoms with Gasteiger partial charge in [-0.1, -0.05) is 41.7 Å². The molecule has 1 fully saturated rings. The van der Waals surface area contributed by atoms with Crippen LogP contribution < -0.4 is 4.90 Å². The smallest absolute Gasteiger partial charge is 0.253 e. The summed E-state index contributed by atoms with van der Waals surface area (Å²) in [6.45, 7) is 3.00. The molecule has 28 heavy (non-hydrogen) atoms. The van der Waals surface area contributed by atoms with Gasteiger partial charge >= 0.3 is 0 Å². The van der Waals surface area contributed by atoms with Gasteiger partial charge in [0, 0.05) is 38.2 Å². The molecule has 2 aromatic carbocycles. The fourth-order valence-electron chi connectivity index (χ4n) is 3.30. The predicted molar refractivity (Wildman–Crippen MR) is 108 cm³/mol. The highest BCUT2D eigenvalue weighted by Gasteiger charge is 2.22. The van der Waals surface area contributed by atoms with Gasteiger partial charge in [0.25, 0.3) is 5.91 Å². The average molecular weight is 396 g/mol. The fraction of sp³-hybridized carbons (Fsp3) is 0.286. The van der Waals surface area contributed by atoms with E-state index in [-0.39, 0.29) is 11.7 Å². The highest BCUT2D eigenvalue weighted by atomic mass is 32.1. The van der Waals surface area contributed by atoms with Crippen LogP contribution in [-0.4, -0.2) is 47.2 Å². The molecule has 0 unspecified atom stereocenters. The van der Waals surface area contributed by atoms with Crippen molar-refractivity contribution in [1.29, 1.82) is 0 Å². The van der Waals surface area contributed by atoms with Crippen molar-refractivity contribution in [2.24, 2.45) is 0 Å². The number of benzene rings is 2. The number of hydrogen-bond donors (Lipinski definition) is 0. The number of anilines is 1. The highest BCUT2D eigenvalue weighted by molar-refractivity contribution is 7.15. The third-order valence-corrected chi connectivity index (χ3v) is 5.78. The van der Waals surface area contributed by atoms with Crippen LogP contribution in [0.25, 0.3) is 0 Å². The van der Waals surface area contributed by atoms with E-state index in [4.69, 9.17) is 0 Å². The van der Waals surface area contributed by atoms with Crippen molar-refractivity contribution in [3.05, 3.63) is 76.5 Å². The first-order valence-electron chi connectivity index (χ1n) is 9.35. The van der Waals surface area contributed by atoms with Crippen LogP contribution in [0.1, 0.15) is 27.3 Å². The molecule has 7 heteroatoms. The van der Waals surface area contributed by atoms with Crippen LogP contribution in [0.4, 0.5) is 9.52 Å². The molecule has 0 atom stereocenters. The van der Waals surface area contributed by atoms with Crippen LogP contribution in [0.5, 0.6) is 0 Å². The zero-order valence-electron chi connectivity index (χ0n) is 15.4. The van der Waals surface area contributed by atoms with E-state index in [1.54, 1.807) is 23.5 Å². The van der Waals surface area contributed by atoms with E-state index in [1.165, 1.54) is 12.1 Å². The number of halogens is 1. The van der Waals surface area contributed by atoms with Crippen molar-refractivity contribution in [3.8, 4) is 0 Å². The lowest BCUT2D eigenvalue weighted by molar-refractivity contribution is 0.0767. The van der Waals surface area contributed by atoms with Crippen LogP contribution in [-0.2, 0) is 6.42 Å². The Bertz CT molecular complexity index is 929. The van der Waals surface area contributed by atoms with E-state index in [1.807, 2.05) is 35.2 Å². The van der Waals surface area contributed by atoms with Gasteiger partial charge in [-0.05, 0) is 36.2 Å². The highest BCUT2D eigenvalue weighted by Crippen LogP contribution is 2.24. The molecule has 5 nitrogen and oxygen atoms in total. The summed E-state index contributed by atoms with van der Waals surface area (Å²) in [5, 5.41) is 10.4. The van der Waals surface area contributed by atoms with E-state index in [0.717, 1.165) is 47.3 Å².